The van der Waals surface area contributed by atoms with Gasteiger partial charge in [0, 0.05) is 38.9 Å². The first-order valence-corrected chi connectivity index (χ1v) is 8.11. The Kier molecular flexibility index (Phi) is 4.99. The van der Waals surface area contributed by atoms with E-state index in [1.165, 1.54) is 0 Å². The molecule has 0 saturated carbocycles. The largest absolute Gasteiger partial charge is 0.315 e. The van der Waals surface area contributed by atoms with Gasteiger partial charge in [-0.05, 0) is 27.7 Å². The zero-order chi connectivity index (χ0) is 12.3. The Hall–Kier alpha value is 0.110. The van der Waals surface area contributed by atoms with Crippen LogP contribution in [0, 0.1) is 0 Å². The predicted molar refractivity (Wildman–Crippen MR) is 68.0 cm³/mol. The average molecular weight is 248 g/mol. The maximum atomic E-state index is 12.3. The summed E-state index contributed by atoms with van der Waals surface area (Å²) in [5.74, 6) is 0. The van der Waals surface area contributed by atoms with Crippen LogP contribution < -0.4 is 0 Å². The van der Waals surface area contributed by atoms with Gasteiger partial charge in [-0.2, -0.15) is 0 Å². The van der Waals surface area contributed by atoms with Crippen LogP contribution in [0.15, 0.2) is 0 Å². The summed E-state index contributed by atoms with van der Waals surface area (Å²) < 4.78 is 19.9. The molecule has 0 radical (unpaired) electrons. The molecule has 1 atom stereocenters. The highest BCUT2D eigenvalue weighted by Crippen LogP contribution is 2.48. The highest BCUT2D eigenvalue weighted by Gasteiger charge is 2.31. The Morgan fingerprint density at radius 2 is 1.56 bits per heavy atom. The van der Waals surface area contributed by atoms with E-state index in [2.05, 4.69) is 18.7 Å². The third kappa shape index (κ3) is 3.85. The molecule has 5 heteroatoms. The summed E-state index contributed by atoms with van der Waals surface area (Å²) in [5.41, 5.74) is 0. The molecule has 0 aromatic rings. The van der Waals surface area contributed by atoms with Crippen LogP contribution in [0.5, 0.6) is 0 Å². The van der Waals surface area contributed by atoms with E-state index in [4.69, 9.17) is 4.52 Å². The number of piperazine rings is 1. The van der Waals surface area contributed by atoms with Crippen molar-refractivity contribution in [3.8, 4) is 0 Å². The Morgan fingerprint density at radius 3 is 1.94 bits per heavy atom. The molecule has 0 aliphatic carbocycles. The maximum Gasteiger partial charge on any atom is 0.269 e. The topological polar surface area (TPSA) is 32.8 Å². The highest BCUT2D eigenvalue weighted by molar-refractivity contribution is 7.55. The van der Waals surface area contributed by atoms with Gasteiger partial charge in [0.15, 0.2) is 0 Å². The smallest absolute Gasteiger partial charge is 0.269 e. The number of nitrogens with zero attached hydrogens (tertiary/aromatic N) is 2. The van der Waals surface area contributed by atoms with E-state index in [9.17, 15) is 4.57 Å². The van der Waals surface area contributed by atoms with Crippen molar-refractivity contribution in [3.05, 3.63) is 0 Å². The lowest BCUT2D eigenvalue weighted by molar-refractivity contribution is 0.132. The molecular formula is C11H25N2O2P. The van der Waals surface area contributed by atoms with E-state index in [1.807, 2.05) is 18.5 Å². The Labute approximate surface area is 99.4 Å². The van der Waals surface area contributed by atoms with Crippen LogP contribution in [0.25, 0.3) is 0 Å². The summed E-state index contributed by atoms with van der Waals surface area (Å²) in [6, 6.07) is 0.574. The number of hydrogen-bond donors (Lipinski definition) is 0. The summed E-state index contributed by atoms with van der Waals surface area (Å²) in [5, 5.41) is 0. The Balaban J connectivity index is 2.50. The van der Waals surface area contributed by atoms with Crippen molar-refractivity contribution < 1.29 is 9.09 Å². The molecule has 0 N–H and O–H groups in total. The van der Waals surface area contributed by atoms with Crippen molar-refractivity contribution in [1.29, 1.82) is 0 Å². The first-order chi connectivity index (χ1) is 7.33. The molecule has 1 aliphatic rings. The van der Waals surface area contributed by atoms with Gasteiger partial charge in [-0.3, -0.25) is 9.46 Å². The average Bonchev–Trinajstić information content (AvgIpc) is 2.16. The highest BCUT2D eigenvalue weighted by atomic mass is 31.2. The second-order valence-corrected chi connectivity index (χ2v) is 7.42. The third-order valence-electron chi connectivity index (χ3n) is 2.94. The summed E-state index contributed by atoms with van der Waals surface area (Å²) in [4.78, 5) is 2.41. The van der Waals surface area contributed by atoms with Crippen molar-refractivity contribution in [2.24, 2.45) is 0 Å². The van der Waals surface area contributed by atoms with Gasteiger partial charge in [0.2, 0.25) is 0 Å². The normalized spacial score (nSPS) is 23.9. The molecule has 1 heterocycles. The van der Waals surface area contributed by atoms with Crippen molar-refractivity contribution in [3.63, 3.8) is 0 Å². The molecule has 1 aliphatic heterocycles. The lowest BCUT2D eigenvalue weighted by Gasteiger charge is -2.39. The fourth-order valence-electron chi connectivity index (χ4n) is 2.05. The third-order valence-corrected chi connectivity index (χ3v) is 5.18. The molecule has 4 nitrogen and oxygen atoms in total. The molecule has 16 heavy (non-hydrogen) atoms. The van der Waals surface area contributed by atoms with Crippen LogP contribution >= 0.6 is 7.52 Å². The lowest BCUT2D eigenvalue weighted by Crippen LogP contribution is -2.47. The number of hydrogen-bond acceptors (Lipinski definition) is 3. The van der Waals surface area contributed by atoms with Gasteiger partial charge in [-0.15, -0.1) is 0 Å². The summed E-state index contributed by atoms with van der Waals surface area (Å²) in [7, 11) is -2.57. The molecule has 1 fully saturated rings. The maximum absolute atomic E-state index is 12.3. The molecule has 1 unspecified atom stereocenters. The fourth-order valence-corrected chi connectivity index (χ4v) is 3.87. The quantitative estimate of drug-likeness (QED) is 0.714. The molecule has 0 bridgehead atoms. The minimum Gasteiger partial charge on any atom is -0.315 e. The van der Waals surface area contributed by atoms with Crippen LogP contribution in [-0.2, 0) is 9.09 Å². The molecule has 1 saturated heterocycles. The Morgan fingerprint density at radius 1 is 1.06 bits per heavy atom. The molecule has 0 spiro atoms. The first kappa shape index (κ1) is 14.2. The van der Waals surface area contributed by atoms with Gasteiger partial charge in [-0.25, -0.2) is 4.67 Å². The van der Waals surface area contributed by atoms with Gasteiger partial charge < -0.3 is 4.52 Å². The lowest BCUT2D eigenvalue weighted by atomic mass is 10.3. The summed E-state index contributed by atoms with van der Waals surface area (Å²) in [6.07, 6.45) is 0.0268. The van der Waals surface area contributed by atoms with Crippen molar-refractivity contribution in [2.75, 3.05) is 32.8 Å². The van der Waals surface area contributed by atoms with Crippen LogP contribution in [-0.4, -0.2) is 54.6 Å². The van der Waals surface area contributed by atoms with E-state index in [1.54, 1.807) is 6.66 Å². The SMILES string of the molecule is CC(C)OP(C)(=O)N1CCN(C(C)C)CC1. The molecule has 1 rings (SSSR count). The zero-order valence-electron chi connectivity index (χ0n) is 11.1. The monoisotopic (exact) mass is 248 g/mol. The zero-order valence-corrected chi connectivity index (χ0v) is 12.0. The van der Waals surface area contributed by atoms with Crippen molar-refractivity contribution >= 4 is 7.52 Å². The predicted octanol–water partition coefficient (Wildman–Crippen LogP) is 2.26. The standard InChI is InChI=1S/C11H25N2O2P/c1-10(2)12-6-8-13(9-7-12)16(5,14)15-11(3)4/h10-11H,6-9H2,1-5H3. The first-order valence-electron chi connectivity index (χ1n) is 6.08. The molecule has 0 amide bonds. The van der Waals surface area contributed by atoms with Crippen molar-refractivity contribution in [2.45, 2.75) is 39.8 Å². The van der Waals surface area contributed by atoms with Gasteiger partial charge in [0.1, 0.15) is 0 Å². The van der Waals surface area contributed by atoms with E-state index < -0.39 is 7.52 Å². The number of rotatable bonds is 4. The van der Waals surface area contributed by atoms with Gasteiger partial charge in [-0.1, -0.05) is 0 Å². The minimum atomic E-state index is -2.57. The van der Waals surface area contributed by atoms with Crippen LogP contribution in [0.2, 0.25) is 0 Å². The Bertz CT molecular complexity index is 261. The van der Waals surface area contributed by atoms with E-state index in [-0.39, 0.29) is 6.10 Å². The second kappa shape index (κ2) is 5.63. The molecule has 96 valence electrons. The van der Waals surface area contributed by atoms with Gasteiger partial charge >= 0.3 is 0 Å². The molecule has 0 aromatic heterocycles. The van der Waals surface area contributed by atoms with E-state index >= 15 is 0 Å². The molecule has 0 aromatic carbocycles. The van der Waals surface area contributed by atoms with Crippen LogP contribution in [0.4, 0.5) is 0 Å². The second-order valence-electron chi connectivity index (χ2n) is 5.04. The van der Waals surface area contributed by atoms with Gasteiger partial charge in [0.25, 0.3) is 7.52 Å². The van der Waals surface area contributed by atoms with E-state index in [0.29, 0.717) is 6.04 Å². The van der Waals surface area contributed by atoms with Crippen LogP contribution in [0.3, 0.4) is 0 Å². The van der Waals surface area contributed by atoms with Gasteiger partial charge in [0.05, 0.1) is 6.10 Å². The van der Waals surface area contributed by atoms with E-state index in [0.717, 1.165) is 26.2 Å². The van der Waals surface area contributed by atoms with Crippen LogP contribution in [0.1, 0.15) is 27.7 Å². The fraction of sp³-hybridized carbons (Fsp3) is 1.00. The summed E-state index contributed by atoms with van der Waals surface area (Å²) >= 11 is 0. The minimum absolute atomic E-state index is 0.0268. The summed E-state index contributed by atoms with van der Waals surface area (Å²) in [6.45, 7) is 13.7. The van der Waals surface area contributed by atoms with Crippen molar-refractivity contribution in [1.82, 2.24) is 9.57 Å². The molecular weight excluding hydrogens is 223 g/mol.